The van der Waals surface area contributed by atoms with Gasteiger partial charge in [-0.3, -0.25) is 14.2 Å². The van der Waals surface area contributed by atoms with Gasteiger partial charge in [-0.05, 0) is 28.8 Å². The van der Waals surface area contributed by atoms with Gasteiger partial charge in [0.1, 0.15) is 11.7 Å². The molecule has 0 unspecified atom stereocenters. The van der Waals surface area contributed by atoms with Crippen LogP contribution >= 0.6 is 11.6 Å². The van der Waals surface area contributed by atoms with Crippen molar-refractivity contribution < 1.29 is 4.79 Å². The zero-order chi connectivity index (χ0) is 25.6. The molecule has 3 aromatic carbocycles. The van der Waals surface area contributed by atoms with Gasteiger partial charge in [-0.1, -0.05) is 84.4 Å². The molecule has 0 fully saturated rings. The fraction of sp³-hybridized carbons (Fsp3) is 0.172. The Bertz CT molecular complexity index is 1510. The monoisotopic (exact) mass is 511 g/mol. The zero-order valence-corrected chi connectivity index (χ0v) is 20.9. The van der Waals surface area contributed by atoms with E-state index < -0.39 is 0 Å². The van der Waals surface area contributed by atoms with Crippen molar-refractivity contribution in [3.8, 4) is 0 Å². The zero-order valence-electron chi connectivity index (χ0n) is 20.1. The maximum Gasteiger partial charge on any atom is 0.264 e. The lowest BCUT2D eigenvalue weighted by molar-refractivity contribution is -0.121. The molecule has 8 heteroatoms. The Labute approximate surface area is 219 Å². The molecule has 0 aliphatic carbocycles. The maximum absolute atomic E-state index is 13.0. The van der Waals surface area contributed by atoms with Crippen molar-refractivity contribution in [1.82, 2.24) is 24.6 Å². The molecular weight excluding hydrogens is 486 g/mol. The molecule has 186 valence electrons. The Morgan fingerprint density at radius 3 is 2.22 bits per heavy atom. The quantitative estimate of drug-likeness (QED) is 0.313. The van der Waals surface area contributed by atoms with Gasteiger partial charge in [-0.25, -0.2) is 9.67 Å². The molecule has 0 atom stereocenters. The minimum absolute atomic E-state index is 0.0336. The molecule has 0 bridgehead atoms. The van der Waals surface area contributed by atoms with Crippen LogP contribution in [-0.2, 0) is 17.9 Å². The molecular formula is C29H26ClN5O2. The molecule has 0 saturated heterocycles. The highest BCUT2D eigenvalue weighted by Gasteiger charge is 2.18. The first-order chi connectivity index (χ1) is 18.1. The van der Waals surface area contributed by atoms with Crippen molar-refractivity contribution in [2.75, 3.05) is 6.54 Å². The smallest absolute Gasteiger partial charge is 0.264 e. The van der Waals surface area contributed by atoms with Crippen LogP contribution in [0.25, 0.3) is 11.0 Å². The van der Waals surface area contributed by atoms with E-state index in [1.807, 2.05) is 72.8 Å². The number of carbonyl (C=O) groups excluding carboxylic acids is 1. The highest BCUT2D eigenvalue weighted by molar-refractivity contribution is 6.30. The van der Waals surface area contributed by atoms with Crippen LogP contribution in [0, 0.1) is 0 Å². The number of halogens is 1. The lowest BCUT2D eigenvalue weighted by Gasteiger charge is -2.18. The first kappa shape index (κ1) is 24.5. The van der Waals surface area contributed by atoms with Gasteiger partial charge in [0, 0.05) is 23.9 Å². The Kier molecular flexibility index (Phi) is 7.42. The molecule has 0 aliphatic rings. The van der Waals surface area contributed by atoms with Crippen LogP contribution in [0.4, 0.5) is 0 Å². The number of benzene rings is 3. The number of hydrogen-bond acceptors (Lipinski definition) is 4. The van der Waals surface area contributed by atoms with Crippen LogP contribution in [0.1, 0.15) is 29.0 Å². The third kappa shape index (κ3) is 5.78. The summed E-state index contributed by atoms with van der Waals surface area (Å²) in [5.74, 6) is -0.0823. The molecule has 0 radical (unpaired) electrons. The third-order valence-electron chi connectivity index (χ3n) is 6.33. The van der Waals surface area contributed by atoms with Crippen LogP contribution in [0.15, 0.2) is 102 Å². The second-order valence-corrected chi connectivity index (χ2v) is 9.27. The lowest BCUT2D eigenvalue weighted by Crippen LogP contribution is -2.29. The molecule has 2 heterocycles. The molecule has 1 amide bonds. The topological polar surface area (TPSA) is 81.8 Å². The van der Waals surface area contributed by atoms with Crippen LogP contribution in [-0.4, -0.2) is 31.8 Å². The number of nitrogens with one attached hydrogen (secondary N) is 1. The summed E-state index contributed by atoms with van der Waals surface area (Å²) in [6.45, 7) is 1.18. The summed E-state index contributed by atoms with van der Waals surface area (Å²) in [4.78, 5) is 30.3. The van der Waals surface area contributed by atoms with Gasteiger partial charge < -0.3 is 5.32 Å². The molecule has 0 spiro atoms. The second kappa shape index (κ2) is 11.2. The normalized spacial score (nSPS) is 11.2. The maximum atomic E-state index is 13.0. The second-order valence-electron chi connectivity index (χ2n) is 8.84. The van der Waals surface area contributed by atoms with E-state index >= 15 is 0 Å². The van der Waals surface area contributed by atoms with Crippen LogP contribution in [0.5, 0.6) is 0 Å². The van der Waals surface area contributed by atoms with Gasteiger partial charge >= 0.3 is 0 Å². The SMILES string of the molecule is O=C(CC(c1ccccc1)c1ccccc1)NCCn1ncc2c(=O)n(Cc3ccc(Cl)cc3)cnc21. The van der Waals surface area contributed by atoms with E-state index in [0.717, 1.165) is 16.7 Å². The average Bonchev–Trinajstić information content (AvgIpc) is 3.35. The first-order valence-corrected chi connectivity index (χ1v) is 12.5. The van der Waals surface area contributed by atoms with E-state index in [2.05, 4.69) is 15.4 Å². The van der Waals surface area contributed by atoms with Gasteiger partial charge in [0.25, 0.3) is 5.56 Å². The molecule has 5 aromatic rings. The molecule has 1 N–H and O–H groups in total. The minimum atomic E-state index is -0.163. The van der Waals surface area contributed by atoms with Crippen molar-refractivity contribution in [3.05, 3.63) is 130 Å². The van der Waals surface area contributed by atoms with Gasteiger partial charge in [0.05, 0.1) is 19.3 Å². The number of amides is 1. The van der Waals surface area contributed by atoms with E-state index in [1.54, 1.807) is 21.4 Å². The molecule has 0 aliphatic heterocycles. The predicted octanol–water partition coefficient (Wildman–Crippen LogP) is 4.63. The molecule has 5 rings (SSSR count). The number of rotatable bonds is 9. The number of hydrogen-bond donors (Lipinski definition) is 1. The fourth-order valence-electron chi connectivity index (χ4n) is 4.42. The van der Waals surface area contributed by atoms with Crippen molar-refractivity contribution in [3.63, 3.8) is 0 Å². The Hall–Kier alpha value is -4.23. The van der Waals surface area contributed by atoms with Crippen LogP contribution in [0.2, 0.25) is 5.02 Å². The Balaban J connectivity index is 1.23. The minimum Gasteiger partial charge on any atom is -0.354 e. The van der Waals surface area contributed by atoms with E-state index in [1.165, 1.54) is 12.5 Å². The summed E-state index contributed by atoms with van der Waals surface area (Å²) >= 11 is 5.95. The fourth-order valence-corrected chi connectivity index (χ4v) is 4.54. The molecule has 2 aromatic heterocycles. The van der Waals surface area contributed by atoms with Crippen molar-refractivity contribution in [2.45, 2.75) is 25.4 Å². The summed E-state index contributed by atoms with van der Waals surface area (Å²) in [6.07, 6.45) is 3.40. The van der Waals surface area contributed by atoms with Gasteiger partial charge in [-0.2, -0.15) is 5.10 Å². The average molecular weight is 512 g/mol. The number of nitrogens with zero attached hydrogens (tertiary/aromatic N) is 4. The van der Waals surface area contributed by atoms with E-state index in [9.17, 15) is 9.59 Å². The van der Waals surface area contributed by atoms with Crippen molar-refractivity contribution in [1.29, 1.82) is 0 Å². The van der Waals surface area contributed by atoms with Gasteiger partial charge in [-0.15, -0.1) is 0 Å². The number of fused-ring (bicyclic) bond motifs is 1. The summed E-state index contributed by atoms with van der Waals surface area (Å²) in [6, 6.07) is 27.4. The highest BCUT2D eigenvalue weighted by atomic mass is 35.5. The van der Waals surface area contributed by atoms with Gasteiger partial charge in [0.15, 0.2) is 5.65 Å². The van der Waals surface area contributed by atoms with E-state index in [0.29, 0.717) is 42.1 Å². The highest BCUT2D eigenvalue weighted by Crippen LogP contribution is 2.27. The van der Waals surface area contributed by atoms with Crippen LogP contribution < -0.4 is 10.9 Å². The van der Waals surface area contributed by atoms with Gasteiger partial charge in [0.2, 0.25) is 5.91 Å². The molecule has 7 nitrogen and oxygen atoms in total. The van der Waals surface area contributed by atoms with E-state index in [4.69, 9.17) is 11.6 Å². The number of carbonyl (C=O) groups is 1. The van der Waals surface area contributed by atoms with Crippen LogP contribution in [0.3, 0.4) is 0 Å². The Morgan fingerprint density at radius 1 is 0.919 bits per heavy atom. The summed E-state index contributed by atoms with van der Waals surface area (Å²) < 4.78 is 3.20. The third-order valence-corrected chi connectivity index (χ3v) is 6.58. The lowest BCUT2D eigenvalue weighted by atomic mass is 9.88. The summed E-state index contributed by atoms with van der Waals surface area (Å²) in [5, 5.41) is 8.43. The number of aromatic nitrogens is 4. The summed E-state index contributed by atoms with van der Waals surface area (Å²) in [5.41, 5.74) is 3.48. The standard InChI is InChI=1S/C29H26ClN5O2/c30-24-13-11-21(12-14-24)19-34-20-32-28-26(29(34)37)18-33-35(28)16-15-31-27(36)17-25(22-7-3-1-4-8-22)23-9-5-2-6-10-23/h1-14,18,20,25H,15-17,19H2,(H,31,36). The summed E-state index contributed by atoms with van der Waals surface area (Å²) in [7, 11) is 0. The predicted molar refractivity (Wildman–Crippen MR) is 145 cm³/mol. The van der Waals surface area contributed by atoms with Crippen molar-refractivity contribution in [2.24, 2.45) is 0 Å². The first-order valence-electron chi connectivity index (χ1n) is 12.1. The molecule has 0 saturated carbocycles. The Morgan fingerprint density at radius 2 is 1.57 bits per heavy atom. The van der Waals surface area contributed by atoms with Crippen molar-refractivity contribution >= 4 is 28.5 Å². The van der Waals surface area contributed by atoms with E-state index in [-0.39, 0.29) is 17.4 Å². The molecule has 37 heavy (non-hydrogen) atoms. The largest absolute Gasteiger partial charge is 0.354 e.